The van der Waals surface area contributed by atoms with Crippen LogP contribution in [0.5, 0.6) is 0 Å². The molecule has 5 atom stereocenters. The molecule has 0 aromatic heterocycles. The van der Waals surface area contributed by atoms with Crippen molar-refractivity contribution >= 4 is 17.8 Å². The van der Waals surface area contributed by atoms with Gasteiger partial charge in [-0.2, -0.15) is 0 Å². The van der Waals surface area contributed by atoms with Gasteiger partial charge in [0.05, 0.1) is 13.2 Å². The summed E-state index contributed by atoms with van der Waals surface area (Å²) in [7, 11) is 1.34. The van der Waals surface area contributed by atoms with Gasteiger partial charge in [-0.05, 0) is 23.7 Å². The van der Waals surface area contributed by atoms with Crippen LogP contribution >= 0.6 is 0 Å². The monoisotopic (exact) mass is 353 g/mol. The molecule has 1 heterocycles. The third kappa shape index (κ3) is 3.38. The zero-order valence-corrected chi connectivity index (χ0v) is 16.3. The van der Waals surface area contributed by atoms with E-state index >= 15 is 0 Å². The fraction of sp³-hybridized carbons (Fsp3) is 0.833. The predicted molar refractivity (Wildman–Crippen MR) is 93.3 cm³/mol. The number of carbonyl (C=O) groups excluding carboxylic acids is 3. The number of likely N-dealkylation sites (tertiary alicyclic amines) is 1. The minimum Gasteiger partial charge on any atom is -0.467 e. The Morgan fingerprint density at radius 3 is 2.28 bits per heavy atom. The number of hydrogen-bond acceptors (Lipinski definition) is 5. The Balaban J connectivity index is 2.26. The minimum atomic E-state index is -0.751. The van der Waals surface area contributed by atoms with Gasteiger partial charge in [-0.25, -0.2) is 4.79 Å². The number of carbonyl (C=O) groups is 3. The summed E-state index contributed by atoms with van der Waals surface area (Å²) >= 11 is 0. The molecular formula is C18H31N3O4. The molecule has 0 aromatic rings. The molecule has 3 N–H and O–H groups in total. The summed E-state index contributed by atoms with van der Waals surface area (Å²) in [5.74, 6) is -0.635. The van der Waals surface area contributed by atoms with Crippen molar-refractivity contribution < 1.29 is 19.1 Å². The first-order chi connectivity index (χ1) is 11.3. The number of nitrogens with one attached hydrogen (secondary N) is 1. The molecule has 2 rings (SSSR count). The predicted octanol–water partition coefficient (Wildman–Crippen LogP) is 0.521. The van der Waals surface area contributed by atoms with Crippen LogP contribution in [0.4, 0.5) is 0 Å². The summed E-state index contributed by atoms with van der Waals surface area (Å²) in [4.78, 5) is 39.2. The number of nitrogens with zero attached hydrogens (tertiary/aromatic N) is 1. The SMILES string of the molecule is COC(=O)[C@@H]1[C@@H]2[C@H](CN1C(=O)C(NC(=O)C(C)N)C(C)(C)C)C2(C)C. The molecule has 1 saturated heterocycles. The Kier molecular flexibility index (Phi) is 4.94. The summed E-state index contributed by atoms with van der Waals surface area (Å²) in [5, 5.41) is 2.75. The lowest BCUT2D eigenvalue weighted by Gasteiger charge is -2.37. The van der Waals surface area contributed by atoms with Crippen LogP contribution in [-0.4, -0.2) is 54.5 Å². The highest BCUT2D eigenvalue weighted by atomic mass is 16.5. The molecule has 142 valence electrons. The summed E-state index contributed by atoms with van der Waals surface area (Å²) in [6, 6.07) is -2.05. The number of ether oxygens (including phenoxy) is 1. The van der Waals surface area contributed by atoms with Crippen LogP contribution < -0.4 is 11.1 Å². The van der Waals surface area contributed by atoms with Crippen molar-refractivity contribution in [1.29, 1.82) is 0 Å². The van der Waals surface area contributed by atoms with Crippen LogP contribution in [0.15, 0.2) is 0 Å². The van der Waals surface area contributed by atoms with Gasteiger partial charge in [0.15, 0.2) is 0 Å². The number of fused-ring (bicyclic) bond motifs is 1. The van der Waals surface area contributed by atoms with Crippen molar-refractivity contribution in [3.63, 3.8) is 0 Å². The zero-order chi connectivity index (χ0) is 19.3. The smallest absolute Gasteiger partial charge is 0.328 e. The Hall–Kier alpha value is -1.63. The molecule has 7 heteroatoms. The molecule has 2 aliphatic rings. The van der Waals surface area contributed by atoms with Crippen molar-refractivity contribution in [3.8, 4) is 0 Å². The maximum Gasteiger partial charge on any atom is 0.328 e. The van der Waals surface area contributed by atoms with Gasteiger partial charge in [0.1, 0.15) is 12.1 Å². The lowest BCUT2D eigenvalue weighted by atomic mass is 9.85. The van der Waals surface area contributed by atoms with Gasteiger partial charge in [-0.1, -0.05) is 34.6 Å². The topological polar surface area (TPSA) is 102 Å². The number of esters is 1. The molecule has 2 fully saturated rings. The minimum absolute atomic E-state index is 0.0296. The average Bonchev–Trinajstić information content (AvgIpc) is 2.87. The highest BCUT2D eigenvalue weighted by Gasteiger charge is 2.70. The molecule has 25 heavy (non-hydrogen) atoms. The molecule has 0 aromatic carbocycles. The third-order valence-corrected chi connectivity index (χ3v) is 5.75. The Bertz CT molecular complexity index is 579. The molecular weight excluding hydrogens is 322 g/mol. The van der Waals surface area contributed by atoms with E-state index in [1.165, 1.54) is 7.11 Å². The van der Waals surface area contributed by atoms with E-state index < -0.39 is 29.5 Å². The maximum atomic E-state index is 13.2. The van der Waals surface area contributed by atoms with Crippen LogP contribution in [-0.2, 0) is 19.1 Å². The molecule has 0 bridgehead atoms. The summed E-state index contributed by atoms with van der Waals surface area (Å²) < 4.78 is 4.95. The summed E-state index contributed by atoms with van der Waals surface area (Å²) in [6.07, 6.45) is 0. The first kappa shape index (κ1) is 19.7. The van der Waals surface area contributed by atoms with E-state index in [0.717, 1.165) is 0 Å². The second-order valence-corrected chi connectivity index (χ2v) is 9.01. The fourth-order valence-corrected chi connectivity index (χ4v) is 3.99. The normalized spacial score (nSPS) is 29.4. The molecule has 0 spiro atoms. The first-order valence-corrected chi connectivity index (χ1v) is 8.78. The van der Waals surface area contributed by atoms with Crippen molar-refractivity contribution in [1.82, 2.24) is 10.2 Å². The molecule has 1 aliphatic carbocycles. The van der Waals surface area contributed by atoms with E-state index in [-0.39, 0.29) is 29.1 Å². The van der Waals surface area contributed by atoms with E-state index in [0.29, 0.717) is 6.54 Å². The van der Waals surface area contributed by atoms with Crippen molar-refractivity contribution in [2.75, 3.05) is 13.7 Å². The third-order valence-electron chi connectivity index (χ3n) is 5.75. The van der Waals surface area contributed by atoms with Gasteiger partial charge in [0.25, 0.3) is 0 Å². The van der Waals surface area contributed by atoms with Crippen molar-refractivity contribution in [3.05, 3.63) is 0 Å². The highest BCUT2D eigenvalue weighted by molar-refractivity contribution is 5.93. The number of rotatable bonds is 4. The Morgan fingerprint density at radius 2 is 1.84 bits per heavy atom. The van der Waals surface area contributed by atoms with Crippen LogP contribution in [0.2, 0.25) is 0 Å². The van der Waals surface area contributed by atoms with Gasteiger partial charge in [-0.3, -0.25) is 9.59 Å². The lowest BCUT2D eigenvalue weighted by molar-refractivity contribution is -0.155. The molecule has 2 amide bonds. The number of nitrogens with two attached hydrogens (primary N) is 1. The van der Waals surface area contributed by atoms with Gasteiger partial charge in [-0.15, -0.1) is 0 Å². The Morgan fingerprint density at radius 1 is 1.28 bits per heavy atom. The van der Waals surface area contributed by atoms with E-state index in [4.69, 9.17) is 10.5 Å². The van der Waals surface area contributed by atoms with Crippen LogP contribution in [0.1, 0.15) is 41.5 Å². The largest absolute Gasteiger partial charge is 0.467 e. The Labute approximate surface area is 149 Å². The second kappa shape index (κ2) is 6.27. The van der Waals surface area contributed by atoms with Crippen LogP contribution in [0.3, 0.4) is 0 Å². The standard InChI is InChI=1S/C18H31N3O4/c1-9(19)14(22)20-13(17(2,3)4)15(23)21-8-10-11(18(10,5)6)12(21)16(24)25-7/h9-13H,8,19H2,1-7H3,(H,20,22)/t9?,10-,11-,12-,13?/m0/s1. The van der Waals surface area contributed by atoms with Crippen molar-refractivity contribution in [2.24, 2.45) is 28.4 Å². The number of methoxy groups -OCH3 is 1. The van der Waals surface area contributed by atoms with Gasteiger partial charge < -0.3 is 20.7 Å². The van der Waals surface area contributed by atoms with Gasteiger partial charge >= 0.3 is 5.97 Å². The van der Waals surface area contributed by atoms with E-state index in [9.17, 15) is 14.4 Å². The second-order valence-electron chi connectivity index (χ2n) is 9.01. The summed E-state index contributed by atoms with van der Waals surface area (Å²) in [5.41, 5.74) is 5.15. The van der Waals surface area contributed by atoms with E-state index in [1.54, 1.807) is 11.8 Å². The molecule has 1 saturated carbocycles. The average molecular weight is 353 g/mol. The van der Waals surface area contributed by atoms with Crippen LogP contribution in [0, 0.1) is 22.7 Å². The van der Waals surface area contributed by atoms with E-state index in [1.807, 2.05) is 20.8 Å². The van der Waals surface area contributed by atoms with Crippen LogP contribution in [0.25, 0.3) is 0 Å². The number of amides is 2. The summed E-state index contributed by atoms with van der Waals surface area (Å²) in [6.45, 7) is 11.9. The quantitative estimate of drug-likeness (QED) is 0.718. The molecule has 1 aliphatic heterocycles. The van der Waals surface area contributed by atoms with Gasteiger partial charge in [0.2, 0.25) is 11.8 Å². The first-order valence-electron chi connectivity index (χ1n) is 8.78. The molecule has 0 radical (unpaired) electrons. The highest BCUT2D eigenvalue weighted by Crippen LogP contribution is 2.65. The maximum absolute atomic E-state index is 13.2. The van der Waals surface area contributed by atoms with Crippen molar-refractivity contribution in [2.45, 2.75) is 59.7 Å². The van der Waals surface area contributed by atoms with E-state index in [2.05, 4.69) is 19.2 Å². The number of hydrogen-bond donors (Lipinski definition) is 2. The lowest BCUT2D eigenvalue weighted by Crippen LogP contribution is -2.59. The zero-order valence-electron chi connectivity index (χ0n) is 16.3. The molecule has 2 unspecified atom stereocenters. The number of piperidine rings is 1. The van der Waals surface area contributed by atoms with Gasteiger partial charge in [0, 0.05) is 12.5 Å². The fourth-order valence-electron chi connectivity index (χ4n) is 3.99. The molecule has 7 nitrogen and oxygen atoms in total.